The summed E-state index contributed by atoms with van der Waals surface area (Å²) in [7, 11) is 0. The van der Waals surface area contributed by atoms with Gasteiger partial charge in [0.05, 0.1) is 12.3 Å². The second-order valence-electron chi connectivity index (χ2n) is 7.77. The van der Waals surface area contributed by atoms with Gasteiger partial charge in [0.2, 0.25) is 5.95 Å². The second-order valence-corrected chi connectivity index (χ2v) is 8.68. The lowest BCUT2D eigenvalue weighted by Gasteiger charge is -2.26. The van der Waals surface area contributed by atoms with Crippen LogP contribution in [-0.4, -0.2) is 50.6 Å². The fourth-order valence-corrected chi connectivity index (χ4v) is 3.94. The zero-order valence-corrected chi connectivity index (χ0v) is 19.2. The molecule has 0 atom stereocenters. The number of anilines is 4. The summed E-state index contributed by atoms with van der Waals surface area (Å²) in [6.07, 6.45) is 3.30. The first-order chi connectivity index (χ1) is 16.6. The van der Waals surface area contributed by atoms with Crippen LogP contribution in [-0.2, 0) is 4.74 Å². The Kier molecular flexibility index (Phi) is 6.36. The molecule has 1 saturated heterocycles. The number of thiophene rings is 1. The van der Waals surface area contributed by atoms with E-state index in [-0.39, 0.29) is 5.97 Å². The van der Waals surface area contributed by atoms with Crippen LogP contribution in [0, 0.1) is 12.8 Å². The molecule has 0 amide bonds. The molecule has 34 heavy (non-hydrogen) atoms. The molecule has 0 radical (unpaired) electrons. The zero-order chi connectivity index (χ0) is 23.3. The number of nitrogens with zero attached hydrogens (tertiary/aromatic N) is 5. The number of pyridine rings is 1. The number of aromatic nitrogens is 5. The maximum Gasteiger partial charge on any atom is 0.348 e. The Morgan fingerprint density at radius 2 is 1.91 bits per heavy atom. The molecule has 1 fully saturated rings. The van der Waals surface area contributed by atoms with Crippen molar-refractivity contribution in [1.29, 1.82) is 0 Å². The fraction of sp³-hybridized carbons (Fsp3) is 0.217. The molecule has 0 spiro atoms. The standard InChI is InChI=1S/C23H22N8O2S/c1-14-3-2-4-17(27-14)21-25-7-5-19(30-21)29-20-6-8-26-23(31-20)28-16-9-18(34-13-16)22(32)33-12-15-10-24-11-15/h2-9,13,15,24H,10-12H2,1H3,(H2,25,26,28,29,30,31). The molecule has 0 bridgehead atoms. The maximum absolute atomic E-state index is 12.2. The molecule has 0 unspecified atom stereocenters. The van der Waals surface area contributed by atoms with E-state index in [1.54, 1.807) is 30.6 Å². The summed E-state index contributed by atoms with van der Waals surface area (Å²) in [6.45, 7) is 4.15. The summed E-state index contributed by atoms with van der Waals surface area (Å²) in [5.41, 5.74) is 2.31. The summed E-state index contributed by atoms with van der Waals surface area (Å²) in [6, 6.07) is 10.9. The second kappa shape index (κ2) is 9.89. The Balaban J connectivity index is 1.23. The first kappa shape index (κ1) is 21.9. The van der Waals surface area contributed by atoms with Crippen molar-refractivity contribution in [2.45, 2.75) is 6.92 Å². The van der Waals surface area contributed by atoms with Crippen LogP contribution in [0.25, 0.3) is 11.5 Å². The first-order valence-electron chi connectivity index (χ1n) is 10.7. The van der Waals surface area contributed by atoms with E-state index in [0.29, 0.717) is 52.2 Å². The Hall–Kier alpha value is -3.96. The van der Waals surface area contributed by atoms with E-state index >= 15 is 0 Å². The van der Waals surface area contributed by atoms with Gasteiger partial charge >= 0.3 is 5.97 Å². The predicted molar refractivity (Wildman–Crippen MR) is 130 cm³/mol. The van der Waals surface area contributed by atoms with Crippen molar-refractivity contribution in [3.63, 3.8) is 0 Å². The van der Waals surface area contributed by atoms with Crippen molar-refractivity contribution in [2.75, 3.05) is 30.3 Å². The van der Waals surface area contributed by atoms with Crippen LogP contribution in [0.15, 0.2) is 54.2 Å². The summed E-state index contributed by atoms with van der Waals surface area (Å²) in [4.78, 5) is 34.8. The van der Waals surface area contributed by atoms with Crippen molar-refractivity contribution in [3.05, 3.63) is 64.7 Å². The van der Waals surface area contributed by atoms with Gasteiger partial charge in [0, 0.05) is 42.5 Å². The van der Waals surface area contributed by atoms with Gasteiger partial charge in [-0.15, -0.1) is 11.3 Å². The Labute approximate surface area is 199 Å². The van der Waals surface area contributed by atoms with Crippen LogP contribution < -0.4 is 16.0 Å². The summed E-state index contributed by atoms with van der Waals surface area (Å²) < 4.78 is 5.38. The van der Waals surface area contributed by atoms with Crippen LogP contribution in [0.1, 0.15) is 15.4 Å². The number of aryl methyl sites for hydroxylation is 1. The average Bonchev–Trinajstić information content (AvgIpc) is 3.27. The van der Waals surface area contributed by atoms with E-state index in [9.17, 15) is 4.79 Å². The van der Waals surface area contributed by atoms with Gasteiger partial charge in [-0.25, -0.2) is 24.7 Å². The quantitative estimate of drug-likeness (QED) is 0.326. The number of ether oxygens (including phenoxy) is 1. The smallest absolute Gasteiger partial charge is 0.348 e. The highest BCUT2D eigenvalue weighted by atomic mass is 32.1. The summed E-state index contributed by atoms with van der Waals surface area (Å²) in [5.74, 6) is 2.14. The number of nitrogens with one attached hydrogen (secondary N) is 3. The number of hydrogen-bond acceptors (Lipinski definition) is 11. The van der Waals surface area contributed by atoms with Gasteiger partial charge in [-0.3, -0.25) is 0 Å². The Morgan fingerprint density at radius 3 is 2.71 bits per heavy atom. The highest BCUT2D eigenvalue weighted by Gasteiger charge is 2.20. The third kappa shape index (κ3) is 5.33. The molecule has 3 N–H and O–H groups in total. The minimum Gasteiger partial charge on any atom is -0.461 e. The molecule has 1 aliphatic heterocycles. The minimum atomic E-state index is -0.316. The third-order valence-corrected chi connectivity index (χ3v) is 5.97. The summed E-state index contributed by atoms with van der Waals surface area (Å²) >= 11 is 1.31. The highest BCUT2D eigenvalue weighted by Crippen LogP contribution is 2.24. The van der Waals surface area contributed by atoms with E-state index in [1.807, 2.05) is 30.5 Å². The largest absolute Gasteiger partial charge is 0.461 e. The van der Waals surface area contributed by atoms with Crippen LogP contribution in [0.4, 0.5) is 23.3 Å². The normalized spacial score (nSPS) is 13.2. The lowest BCUT2D eigenvalue weighted by molar-refractivity contribution is 0.0403. The van der Waals surface area contributed by atoms with E-state index in [0.717, 1.165) is 18.8 Å². The molecular weight excluding hydrogens is 452 g/mol. The van der Waals surface area contributed by atoms with E-state index in [1.165, 1.54) is 11.3 Å². The Morgan fingerprint density at radius 1 is 1.09 bits per heavy atom. The van der Waals surface area contributed by atoms with Crippen LogP contribution in [0.2, 0.25) is 0 Å². The molecule has 11 heteroatoms. The SMILES string of the molecule is Cc1cccc(-c2nccc(Nc3ccnc(Nc4csc(C(=O)OCC5CNC5)c4)n3)n2)n1. The molecule has 0 aliphatic carbocycles. The lowest BCUT2D eigenvalue weighted by Crippen LogP contribution is -2.44. The van der Waals surface area contributed by atoms with Crippen molar-refractivity contribution in [2.24, 2.45) is 5.92 Å². The molecule has 5 rings (SSSR count). The van der Waals surface area contributed by atoms with Gasteiger partial charge in [0.25, 0.3) is 0 Å². The zero-order valence-electron chi connectivity index (χ0n) is 18.4. The molecule has 4 aromatic heterocycles. The lowest BCUT2D eigenvalue weighted by atomic mass is 10.1. The van der Waals surface area contributed by atoms with Gasteiger partial charge in [-0.05, 0) is 37.3 Å². The average molecular weight is 475 g/mol. The molecule has 1 aliphatic rings. The molecule has 4 aromatic rings. The number of rotatable bonds is 8. The van der Waals surface area contributed by atoms with E-state index < -0.39 is 0 Å². The number of hydrogen-bond donors (Lipinski definition) is 3. The third-order valence-electron chi connectivity index (χ3n) is 5.06. The van der Waals surface area contributed by atoms with Gasteiger partial charge in [0.15, 0.2) is 5.82 Å². The number of esters is 1. The minimum absolute atomic E-state index is 0.316. The Bertz CT molecular complexity index is 1310. The monoisotopic (exact) mass is 474 g/mol. The van der Waals surface area contributed by atoms with Crippen molar-refractivity contribution >= 4 is 40.6 Å². The van der Waals surface area contributed by atoms with Crippen molar-refractivity contribution in [1.82, 2.24) is 30.2 Å². The maximum atomic E-state index is 12.2. The number of carbonyl (C=O) groups is 1. The predicted octanol–water partition coefficient (Wildman–Crippen LogP) is 3.56. The molecule has 0 saturated carbocycles. The molecule has 10 nitrogen and oxygen atoms in total. The van der Waals surface area contributed by atoms with Gasteiger partial charge in [-0.2, -0.15) is 4.98 Å². The van der Waals surface area contributed by atoms with Crippen molar-refractivity contribution < 1.29 is 9.53 Å². The molecule has 0 aromatic carbocycles. The van der Waals surface area contributed by atoms with Crippen LogP contribution >= 0.6 is 11.3 Å². The summed E-state index contributed by atoms with van der Waals surface area (Å²) in [5, 5.41) is 11.3. The first-order valence-corrected chi connectivity index (χ1v) is 11.6. The molecule has 172 valence electrons. The highest BCUT2D eigenvalue weighted by molar-refractivity contribution is 7.12. The topological polar surface area (TPSA) is 127 Å². The van der Waals surface area contributed by atoms with Crippen molar-refractivity contribution in [3.8, 4) is 11.5 Å². The molecular formula is C23H22N8O2S. The van der Waals surface area contributed by atoms with Gasteiger partial charge in [0.1, 0.15) is 22.2 Å². The van der Waals surface area contributed by atoms with Gasteiger partial charge < -0.3 is 20.7 Å². The van der Waals surface area contributed by atoms with Crippen LogP contribution in [0.3, 0.4) is 0 Å². The van der Waals surface area contributed by atoms with Crippen LogP contribution in [0.5, 0.6) is 0 Å². The number of carbonyl (C=O) groups excluding carboxylic acids is 1. The fourth-order valence-electron chi connectivity index (χ4n) is 3.21. The van der Waals surface area contributed by atoms with Gasteiger partial charge in [-0.1, -0.05) is 6.07 Å². The van der Waals surface area contributed by atoms with E-state index in [2.05, 4.69) is 40.9 Å². The molecule has 5 heterocycles. The van der Waals surface area contributed by atoms with E-state index in [4.69, 9.17) is 4.74 Å².